The van der Waals surface area contributed by atoms with Crippen LogP contribution in [0.15, 0.2) is 0 Å². The molecule has 7 rings (SSSR count). The molecule has 7 saturated carbocycles. The predicted molar refractivity (Wildman–Crippen MR) is 452 cm³/mol. The number of nitrogens with two attached hydrogens (primary N) is 8. The summed E-state index contributed by atoms with van der Waals surface area (Å²) in [6.45, 7) is 2.00. The molecule has 0 unspecified atom stereocenters. The maximum Gasteiger partial charge on any atom is 0.246 e. The number of nitrogens with one attached hydrogen (secondary N) is 12. The maximum atomic E-state index is 15.7. The van der Waals surface area contributed by atoms with Gasteiger partial charge >= 0.3 is 0 Å². The molecule has 7 aliphatic carbocycles. The zero-order valence-corrected chi connectivity index (χ0v) is 71.1. The number of hydrogen-bond donors (Lipinski definition) is 20. The zero-order chi connectivity index (χ0) is 85.7. The molecule has 0 aliphatic heterocycles. The minimum absolute atomic E-state index is 0.110. The summed E-state index contributed by atoms with van der Waals surface area (Å²) >= 11 is 0. The highest BCUT2D eigenvalue weighted by Crippen LogP contribution is 2.39. The fourth-order valence-corrected chi connectivity index (χ4v) is 19.2. The second-order valence-electron chi connectivity index (χ2n) is 35.7. The minimum atomic E-state index is -1.57. The highest BCUT2D eigenvalue weighted by molar-refractivity contribution is 6.04. The van der Waals surface area contributed by atoms with Crippen LogP contribution in [0.3, 0.4) is 0 Å². The van der Waals surface area contributed by atoms with Gasteiger partial charge in [0.25, 0.3) is 0 Å². The summed E-state index contributed by atoms with van der Waals surface area (Å²) < 4.78 is 0. The Hall–Kier alpha value is -7.17. The Bertz CT molecular complexity index is 3250. The Kier molecular flexibility index (Phi) is 40.7. The Morgan fingerprint density at radius 2 is 0.398 bits per heavy atom. The van der Waals surface area contributed by atoms with Crippen LogP contribution in [0.25, 0.3) is 0 Å². The van der Waals surface area contributed by atoms with Crippen molar-refractivity contribution >= 4 is 76.8 Å². The number of carbonyl (C=O) groups excluding carboxylic acids is 13. The largest absolute Gasteiger partial charge is 0.368 e. The molecule has 0 radical (unpaired) electrons. The fourth-order valence-electron chi connectivity index (χ4n) is 19.2. The molecule has 0 aromatic carbocycles. The maximum absolute atomic E-state index is 15.7. The summed E-state index contributed by atoms with van der Waals surface area (Å²) in [5.41, 5.74) is 37.6. The number of unbranched alkanes of at least 4 members (excludes halogenated alkanes) is 6. The normalized spacial score (nSPS) is 21.2. The van der Waals surface area contributed by atoms with Gasteiger partial charge in [0, 0.05) is 0 Å². The van der Waals surface area contributed by atoms with Gasteiger partial charge in [-0.3, -0.25) is 62.3 Å². The van der Waals surface area contributed by atoms with Crippen LogP contribution >= 0.6 is 0 Å². The van der Waals surface area contributed by atoms with Crippen LogP contribution in [0, 0.1) is 0 Å². The van der Waals surface area contributed by atoms with E-state index in [1.807, 2.05) is 0 Å². The summed E-state index contributed by atoms with van der Waals surface area (Å²) in [5.74, 6) is -7.69. The van der Waals surface area contributed by atoms with Gasteiger partial charge in [-0.05, 0) is 238 Å². The molecular formula is C85H152N20O13. The number of carbonyl (C=O) groups is 13. The second-order valence-corrected chi connectivity index (χ2v) is 35.7. The predicted octanol–water partition coefficient (Wildman–Crippen LogP) is 2.73. The molecule has 33 nitrogen and oxygen atoms in total. The molecule has 670 valence electrons. The van der Waals surface area contributed by atoms with Crippen molar-refractivity contribution in [3.63, 3.8) is 0 Å². The SMILES string of the molecule is NCCCC[C@H](NC(=O)[C@H](CCCCN)NC(=O)C1(NC(=O)C2(NC(=O)[C@H](CCCCN)NC(=O)C3(NC(=O)C4(NC(=O)[C@H](CCCCN)NC(=O)[C@H](CCCCN)NC(=O)C5(NC(=O)C6(NC(=O)[C@@H](N)CCCCN)CCCCC6)CCCCC5)CCCCC4)CCCCC3)CCCCC2)CCCCC1)C(=O)NC1(C(N)=O)CCCCC1. The second kappa shape index (κ2) is 49.1. The lowest BCUT2D eigenvalue weighted by atomic mass is 9.76. The van der Waals surface area contributed by atoms with Gasteiger partial charge in [-0.2, -0.15) is 0 Å². The molecule has 13 amide bonds. The lowest BCUT2D eigenvalue weighted by Crippen LogP contribution is -2.71. The molecular weight excluding hydrogens is 1510 g/mol. The number of amides is 13. The van der Waals surface area contributed by atoms with Crippen LogP contribution < -0.4 is 110 Å². The van der Waals surface area contributed by atoms with Crippen molar-refractivity contribution in [3.8, 4) is 0 Å². The van der Waals surface area contributed by atoms with Crippen LogP contribution in [0.4, 0.5) is 0 Å². The van der Waals surface area contributed by atoms with E-state index in [-0.39, 0.29) is 103 Å². The Balaban J connectivity index is 1.10. The Morgan fingerprint density at radius 3 is 0.627 bits per heavy atom. The van der Waals surface area contributed by atoms with E-state index in [4.69, 9.17) is 45.9 Å². The lowest BCUT2D eigenvalue weighted by molar-refractivity contribution is -0.144. The van der Waals surface area contributed by atoms with Gasteiger partial charge in [-0.25, -0.2) is 0 Å². The molecule has 0 bridgehead atoms. The summed E-state index contributed by atoms with van der Waals surface area (Å²) in [4.78, 5) is 193. The number of rotatable bonds is 49. The molecule has 33 heteroatoms. The average molecular weight is 1660 g/mol. The minimum Gasteiger partial charge on any atom is -0.368 e. The van der Waals surface area contributed by atoms with Crippen LogP contribution in [0.5, 0.6) is 0 Å². The van der Waals surface area contributed by atoms with Crippen molar-refractivity contribution in [1.29, 1.82) is 0 Å². The standard InChI is InChI=1S/C85H152N20O13/c86-54-28-8-34-60(92)66(106)99-83(48-22-5-23-49-83)76(116)103-80(42-16-2-17-43-80)73(113)97-62(36-10-30-56-88)68(108)95-64(38-12-32-58-90)70(110)101-84(50-24-6-25-51-84)77(117)105-82(46-20-4-21-47-82)75(115)98-65(39-13-33-59-91)71(111)102-85(52-26-7-27-53-85)78(118)104-81(44-18-3-19-45-81)74(114)96-61(35-9-29-55-87)67(107)94-63(37-11-31-57-89)69(109)100-79(72(93)112)40-14-1-15-41-79/h60-65H,1-59,86-92H2,(H2,93,112)(H,94,107)(H,95,108)(H,96,114)(H,97,113)(H,98,115)(H,99,106)(H,100,109)(H,101,110)(H,102,111)(H,103,116)(H,104,118)(H,105,117)/t60-,61-,62-,63-,64-,65-/m0/s1. The highest BCUT2D eigenvalue weighted by atomic mass is 16.2. The molecule has 0 spiro atoms. The van der Waals surface area contributed by atoms with Crippen molar-refractivity contribution in [2.75, 3.05) is 39.3 Å². The summed E-state index contributed by atoms with van der Waals surface area (Å²) in [7, 11) is 0. The molecule has 6 atom stereocenters. The van der Waals surface area contributed by atoms with Gasteiger partial charge in [0.15, 0.2) is 0 Å². The monoisotopic (exact) mass is 1660 g/mol. The first-order valence-corrected chi connectivity index (χ1v) is 45.8. The van der Waals surface area contributed by atoms with E-state index in [1.54, 1.807) is 0 Å². The molecule has 7 fully saturated rings. The number of primary amides is 1. The lowest BCUT2D eigenvalue weighted by Gasteiger charge is -2.44. The third-order valence-electron chi connectivity index (χ3n) is 26.7. The van der Waals surface area contributed by atoms with E-state index in [2.05, 4.69) is 63.8 Å². The third-order valence-corrected chi connectivity index (χ3v) is 26.7. The Labute approximate surface area is 700 Å². The van der Waals surface area contributed by atoms with Gasteiger partial charge in [0.2, 0.25) is 76.8 Å². The van der Waals surface area contributed by atoms with E-state index < -0.39 is 152 Å². The van der Waals surface area contributed by atoms with Gasteiger partial charge in [0.1, 0.15) is 69.0 Å². The van der Waals surface area contributed by atoms with E-state index in [0.717, 1.165) is 44.9 Å². The van der Waals surface area contributed by atoms with Crippen molar-refractivity contribution in [2.24, 2.45) is 45.9 Å². The summed E-state index contributed by atoms with van der Waals surface area (Å²) in [6, 6.07) is -6.80. The van der Waals surface area contributed by atoms with Gasteiger partial charge in [-0.1, -0.05) is 141 Å². The molecule has 28 N–H and O–H groups in total. The average Bonchev–Trinajstić information content (AvgIpc) is 0.767. The van der Waals surface area contributed by atoms with Crippen molar-refractivity contribution < 1.29 is 62.3 Å². The highest BCUT2D eigenvalue weighted by Gasteiger charge is 2.54. The van der Waals surface area contributed by atoms with Crippen LogP contribution in [-0.4, -0.2) is 191 Å². The molecule has 0 aromatic heterocycles. The first-order chi connectivity index (χ1) is 56.7. The van der Waals surface area contributed by atoms with Gasteiger partial charge in [0.05, 0.1) is 6.04 Å². The van der Waals surface area contributed by atoms with Crippen LogP contribution in [0.2, 0.25) is 0 Å². The summed E-state index contributed by atoms with van der Waals surface area (Å²) in [5, 5.41) is 36.7. The molecule has 0 saturated heterocycles. The molecule has 7 aliphatic rings. The third kappa shape index (κ3) is 27.7. The molecule has 0 aromatic rings. The van der Waals surface area contributed by atoms with E-state index in [9.17, 15) is 24.0 Å². The number of hydrogen-bond acceptors (Lipinski definition) is 20. The zero-order valence-electron chi connectivity index (χ0n) is 71.1. The molecule has 118 heavy (non-hydrogen) atoms. The van der Waals surface area contributed by atoms with Crippen molar-refractivity contribution in [1.82, 2.24) is 63.8 Å². The molecule has 0 heterocycles. The fraction of sp³-hybridized carbons (Fsp3) is 0.847. The van der Waals surface area contributed by atoms with E-state index in [0.29, 0.717) is 232 Å². The van der Waals surface area contributed by atoms with Gasteiger partial charge < -0.3 is 110 Å². The van der Waals surface area contributed by atoms with Crippen molar-refractivity contribution in [2.45, 2.75) is 415 Å². The first kappa shape index (κ1) is 97.9. The first-order valence-electron chi connectivity index (χ1n) is 45.8. The quantitative estimate of drug-likeness (QED) is 0.0389. The van der Waals surface area contributed by atoms with Gasteiger partial charge in [-0.15, -0.1) is 0 Å². The van der Waals surface area contributed by atoms with Crippen LogP contribution in [-0.2, 0) is 62.3 Å². The van der Waals surface area contributed by atoms with E-state index >= 15 is 38.4 Å². The topological polar surface area (TPSA) is 574 Å². The Morgan fingerprint density at radius 1 is 0.212 bits per heavy atom. The smallest absolute Gasteiger partial charge is 0.246 e. The van der Waals surface area contributed by atoms with E-state index in [1.165, 1.54) is 0 Å². The summed E-state index contributed by atoms with van der Waals surface area (Å²) in [6.07, 6.45) is 24.7. The van der Waals surface area contributed by atoms with Crippen molar-refractivity contribution in [3.05, 3.63) is 0 Å². The van der Waals surface area contributed by atoms with Crippen LogP contribution in [0.1, 0.15) is 340 Å².